The normalized spacial score (nSPS) is 19.3. The van der Waals surface area contributed by atoms with Gasteiger partial charge in [0.15, 0.2) is 0 Å². The van der Waals surface area contributed by atoms with Crippen molar-refractivity contribution in [2.75, 3.05) is 28.4 Å². The summed E-state index contributed by atoms with van der Waals surface area (Å²) < 4.78 is 22.9. The molecule has 2 unspecified atom stereocenters. The fourth-order valence-electron chi connectivity index (χ4n) is 6.34. The van der Waals surface area contributed by atoms with Crippen molar-refractivity contribution in [1.82, 2.24) is 9.97 Å². The summed E-state index contributed by atoms with van der Waals surface area (Å²) >= 11 is 0. The lowest BCUT2D eigenvalue weighted by atomic mass is 10.0. The molecule has 0 radical (unpaired) electrons. The standard InChI is InChI=1S/C19H23NO5.C18H21NO6.C2H6/c1-12(21)13-4-5-16(8-13)25-19-9-14(11-24-23-3)20-18-10-15(22-2)6-7-17(18)19;1-22-13-5-6-15-16(9-13)19-12(10-24-23-2)8-17(15)25-14-4-3-11(7-14)18(20)21;1-2/h6-7,9-10,13,16H,4-5,8,11H2,1-3H3;5-6,8-9,11,14H,3-4,7,10H2,1-2H3,(H,20,21);1-2H3/t13-,16?;11-,14?;/m00./s1. The zero-order chi connectivity index (χ0) is 37.6. The highest BCUT2D eigenvalue weighted by molar-refractivity contribution is 5.87. The molecule has 282 valence electrons. The molecule has 13 heteroatoms. The molecular weight excluding hydrogens is 672 g/mol. The molecule has 0 saturated heterocycles. The lowest BCUT2D eigenvalue weighted by molar-refractivity contribution is -0.282. The molecule has 0 spiro atoms. The number of methoxy groups -OCH3 is 2. The number of fused-ring (bicyclic) bond motifs is 2. The van der Waals surface area contributed by atoms with Gasteiger partial charge in [0.2, 0.25) is 0 Å². The molecule has 0 bridgehead atoms. The first-order chi connectivity index (χ1) is 25.2. The molecule has 2 heterocycles. The van der Waals surface area contributed by atoms with E-state index in [1.54, 1.807) is 21.1 Å². The van der Waals surface area contributed by atoms with Crippen LogP contribution in [-0.4, -0.2) is 67.5 Å². The van der Waals surface area contributed by atoms with Crippen molar-refractivity contribution in [3.05, 3.63) is 59.9 Å². The number of ether oxygens (including phenoxy) is 4. The number of carboxylic acids is 1. The van der Waals surface area contributed by atoms with E-state index in [4.69, 9.17) is 33.8 Å². The number of carbonyl (C=O) groups is 2. The van der Waals surface area contributed by atoms with Crippen LogP contribution in [-0.2, 0) is 42.4 Å². The smallest absolute Gasteiger partial charge is 0.306 e. The van der Waals surface area contributed by atoms with Gasteiger partial charge in [-0.25, -0.2) is 29.5 Å². The molecule has 4 atom stereocenters. The third-order valence-electron chi connectivity index (χ3n) is 8.99. The Labute approximate surface area is 304 Å². The van der Waals surface area contributed by atoms with Gasteiger partial charge in [-0.3, -0.25) is 9.59 Å². The number of Topliss-reactive ketones (excluding diaryl/α,β-unsaturated/α-hetero) is 1. The average molecular weight is 723 g/mol. The van der Waals surface area contributed by atoms with E-state index in [2.05, 4.69) is 19.7 Å². The van der Waals surface area contributed by atoms with Crippen LogP contribution < -0.4 is 18.9 Å². The largest absolute Gasteiger partial charge is 0.497 e. The molecule has 2 aromatic heterocycles. The minimum Gasteiger partial charge on any atom is -0.497 e. The summed E-state index contributed by atoms with van der Waals surface area (Å²) in [6, 6.07) is 14.9. The summed E-state index contributed by atoms with van der Waals surface area (Å²) in [5, 5.41) is 10.9. The van der Waals surface area contributed by atoms with Gasteiger partial charge in [0.1, 0.15) is 42.0 Å². The van der Waals surface area contributed by atoms with Crippen molar-refractivity contribution < 1.29 is 53.2 Å². The number of carboxylic acid groups (broad SMARTS) is 1. The third-order valence-corrected chi connectivity index (χ3v) is 8.99. The highest BCUT2D eigenvalue weighted by atomic mass is 17.2. The van der Waals surface area contributed by atoms with Crippen LogP contribution >= 0.6 is 0 Å². The summed E-state index contributed by atoms with van der Waals surface area (Å²) in [6.45, 7) is 6.06. The second kappa shape index (κ2) is 19.9. The van der Waals surface area contributed by atoms with E-state index in [1.165, 1.54) is 14.2 Å². The minimum atomic E-state index is -0.760. The van der Waals surface area contributed by atoms with Crippen LogP contribution in [0.2, 0.25) is 0 Å². The minimum absolute atomic E-state index is 0.0396. The Morgan fingerprint density at radius 2 is 1.12 bits per heavy atom. The second-order valence-electron chi connectivity index (χ2n) is 12.3. The Morgan fingerprint density at radius 1 is 0.673 bits per heavy atom. The van der Waals surface area contributed by atoms with E-state index in [9.17, 15) is 9.59 Å². The van der Waals surface area contributed by atoms with Gasteiger partial charge in [0.25, 0.3) is 0 Å². The predicted octanol–water partition coefficient (Wildman–Crippen LogP) is 7.44. The fraction of sp³-hybridized carbons (Fsp3) is 0.487. The lowest BCUT2D eigenvalue weighted by Crippen LogP contribution is -2.16. The number of benzene rings is 2. The van der Waals surface area contributed by atoms with Crippen molar-refractivity contribution in [3.8, 4) is 23.0 Å². The Balaban J connectivity index is 0.000000222. The van der Waals surface area contributed by atoms with E-state index in [-0.39, 0.29) is 43.0 Å². The van der Waals surface area contributed by atoms with Gasteiger partial charge in [-0.15, -0.1) is 0 Å². The van der Waals surface area contributed by atoms with Crippen LogP contribution in [0.25, 0.3) is 21.8 Å². The van der Waals surface area contributed by atoms with Crippen molar-refractivity contribution in [3.63, 3.8) is 0 Å². The molecule has 2 fully saturated rings. The van der Waals surface area contributed by atoms with Gasteiger partial charge in [-0.2, -0.15) is 0 Å². The Morgan fingerprint density at radius 3 is 1.48 bits per heavy atom. The van der Waals surface area contributed by atoms with Crippen LogP contribution in [0.5, 0.6) is 23.0 Å². The van der Waals surface area contributed by atoms with E-state index in [0.717, 1.165) is 59.0 Å². The molecule has 2 aliphatic rings. The van der Waals surface area contributed by atoms with Gasteiger partial charge in [-0.05, 0) is 69.7 Å². The first-order valence-corrected chi connectivity index (χ1v) is 17.5. The molecule has 4 aromatic rings. The van der Waals surface area contributed by atoms with E-state index in [1.807, 2.05) is 62.4 Å². The topological polar surface area (TPSA) is 154 Å². The van der Waals surface area contributed by atoms with E-state index in [0.29, 0.717) is 35.7 Å². The van der Waals surface area contributed by atoms with Crippen LogP contribution in [0.4, 0.5) is 0 Å². The molecule has 2 saturated carbocycles. The summed E-state index contributed by atoms with van der Waals surface area (Å²) in [6.07, 6.45) is 4.32. The number of aromatic nitrogens is 2. The van der Waals surface area contributed by atoms with Crippen LogP contribution in [0, 0.1) is 11.8 Å². The lowest BCUT2D eigenvalue weighted by Gasteiger charge is -2.17. The monoisotopic (exact) mass is 722 g/mol. The number of rotatable bonds is 14. The molecule has 2 aromatic carbocycles. The summed E-state index contributed by atoms with van der Waals surface area (Å²) in [4.78, 5) is 51.2. The molecular formula is C39H50N2O11. The average Bonchev–Trinajstić information content (AvgIpc) is 3.84. The van der Waals surface area contributed by atoms with Gasteiger partial charge in [0, 0.05) is 41.0 Å². The molecule has 2 aliphatic carbocycles. The summed E-state index contributed by atoms with van der Waals surface area (Å²) in [5.74, 6) is 2.09. The highest BCUT2D eigenvalue weighted by Gasteiger charge is 2.32. The summed E-state index contributed by atoms with van der Waals surface area (Å²) in [7, 11) is 6.12. The van der Waals surface area contributed by atoms with Gasteiger partial charge in [-0.1, -0.05) is 13.8 Å². The van der Waals surface area contributed by atoms with Crippen LogP contribution in [0.1, 0.15) is 70.7 Å². The number of nitrogens with zero attached hydrogens (tertiary/aromatic N) is 2. The molecule has 1 N–H and O–H groups in total. The van der Waals surface area contributed by atoms with Crippen molar-refractivity contribution in [1.29, 1.82) is 0 Å². The van der Waals surface area contributed by atoms with Crippen LogP contribution in [0.15, 0.2) is 48.5 Å². The van der Waals surface area contributed by atoms with Crippen LogP contribution in [0.3, 0.4) is 0 Å². The number of hydrogen-bond donors (Lipinski definition) is 1. The Bertz CT molecular complexity index is 1650. The molecule has 52 heavy (non-hydrogen) atoms. The number of carbonyl (C=O) groups excluding carboxylic acids is 1. The predicted molar refractivity (Wildman–Crippen MR) is 193 cm³/mol. The van der Waals surface area contributed by atoms with Crippen molar-refractivity contribution in [2.45, 2.75) is 84.7 Å². The van der Waals surface area contributed by atoms with Gasteiger partial charge in [0.05, 0.1) is 69.0 Å². The van der Waals surface area contributed by atoms with Crippen molar-refractivity contribution in [2.24, 2.45) is 11.8 Å². The van der Waals surface area contributed by atoms with E-state index < -0.39 is 5.97 Å². The quantitative estimate of drug-likeness (QED) is 0.101. The number of pyridine rings is 2. The highest BCUT2D eigenvalue weighted by Crippen LogP contribution is 2.36. The first kappa shape index (κ1) is 40.2. The maximum atomic E-state index is 11.6. The Kier molecular flexibility index (Phi) is 15.4. The van der Waals surface area contributed by atoms with Gasteiger partial charge >= 0.3 is 5.97 Å². The third kappa shape index (κ3) is 10.7. The molecule has 13 nitrogen and oxygen atoms in total. The number of ketones is 1. The number of hydrogen-bond acceptors (Lipinski definition) is 12. The SMILES string of the molecule is CC.COOCc1cc(OC2CC[C@H](C(=O)O)C2)c2ccc(OC)cc2n1.COOCc1cc(OC2CC[C@H](C(C)=O)C2)c2ccc(OC)cc2n1. The molecule has 0 aliphatic heterocycles. The molecule has 6 rings (SSSR count). The maximum absolute atomic E-state index is 11.6. The molecule has 0 amide bonds. The maximum Gasteiger partial charge on any atom is 0.306 e. The van der Waals surface area contributed by atoms with Crippen molar-refractivity contribution >= 4 is 33.6 Å². The zero-order valence-corrected chi connectivity index (χ0v) is 31.0. The first-order valence-electron chi connectivity index (χ1n) is 17.5. The zero-order valence-electron chi connectivity index (χ0n) is 31.0. The Hall–Kier alpha value is -4.56. The second-order valence-corrected chi connectivity index (χ2v) is 12.3. The fourth-order valence-corrected chi connectivity index (χ4v) is 6.34. The van der Waals surface area contributed by atoms with Gasteiger partial charge < -0.3 is 24.1 Å². The van der Waals surface area contributed by atoms with E-state index >= 15 is 0 Å². The summed E-state index contributed by atoms with van der Waals surface area (Å²) in [5.41, 5.74) is 2.86. The number of aliphatic carboxylic acids is 1.